The van der Waals surface area contributed by atoms with E-state index in [2.05, 4.69) is 5.10 Å². The van der Waals surface area contributed by atoms with Gasteiger partial charge in [0.15, 0.2) is 6.20 Å². The van der Waals surface area contributed by atoms with E-state index in [-0.39, 0.29) is 29.3 Å². The lowest BCUT2D eigenvalue weighted by Crippen LogP contribution is -3.00. The molecule has 0 N–H and O–H groups in total. The Morgan fingerprint density at radius 1 is 1.24 bits per heavy atom. The summed E-state index contributed by atoms with van der Waals surface area (Å²) in [5.41, 5.74) is 1.88. The van der Waals surface area contributed by atoms with E-state index >= 15 is 0 Å². The van der Waals surface area contributed by atoms with E-state index in [1.54, 1.807) is 17.1 Å². The van der Waals surface area contributed by atoms with Crippen molar-refractivity contribution in [2.75, 3.05) is 0 Å². The number of halogens is 1. The van der Waals surface area contributed by atoms with Gasteiger partial charge in [-0.3, -0.25) is 4.79 Å². The summed E-state index contributed by atoms with van der Waals surface area (Å²) in [6.07, 6.45) is 3.45. The number of rotatable bonds is 3. The molecule has 0 spiro atoms. The first kappa shape index (κ1) is 13.5. The monoisotopic (exact) mass is 292 g/mol. The van der Waals surface area contributed by atoms with E-state index in [9.17, 15) is 4.79 Å². The van der Waals surface area contributed by atoms with Crippen molar-refractivity contribution in [3.63, 3.8) is 0 Å². The summed E-state index contributed by atoms with van der Waals surface area (Å²) in [4.78, 5) is 11.9. The highest BCUT2D eigenvalue weighted by molar-refractivity contribution is 5.95. The Balaban J connectivity index is 0.00000144. The van der Waals surface area contributed by atoms with Crippen LogP contribution in [0.5, 0.6) is 0 Å². The van der Waals surface area contributed by atoms with Crippen LogP contribution < -0.4 is 21.7 Å². The zero-order valence-corrected chi connectivity index (χ0v) is 11.1. The molecule has 17 heavy (non-hydrogen) atoms. The molecule has 0 radical (unpaired) electrons. The summed E-state index contributed by atoms with van der Waals surface area (Å²) >= 11 is 0. The summed E-state index contributed by atoms with van der Waals surface area (Å²) in [6, 6.07) is 11.3. The average Bonchev–Trinajstić information content (AvgIpc) is 2.31. The van der Waals surface area contributed by atoms with Crippen LogP contribution in [0.2, 0.25) is 0 Å². The van der Waals surface area contributed by atoms with Crippen LogP contribution in [0.15, 0.2) is 48.8 Å². The van der Waals surface area contributed by atoms with Crippen molar-refractivity contribution in [1.29, 1.82) is 0 Å². The lowest BCUT2D eigenvalue weighted by atomic mass is 10.1. The minimum Gasteiger partial charge on any atom is -1.00 e. The van der Waals surface area contributed by atoms with Crippen molar-refractivity contribution in [3.05, 3.63) is 59.9 Å². The number of Topliss-reactive ketones (excluding diaryl/α,β-unsaturated/α-hetero) is 1. The van der Waals surface area contributed by atoms with E-state index in [0.29, 0.717) is 0 Å². The molecule has 88 valence electrons. The van der Waals surface area contributed by atoms with Gasteiger partial charge in [-0.15, -0.1) is 0 Å². The lowest BCUT2D eigenvalue weighted by molar-refractivity contribution is -0.741. The maximum absolute atomic E-state index is 11.9. The molecule has 1 heterocycles. The predicted molar refractivity (Wildman–Crippen MR) is 59.9 cm³/mol. The molecule has 0 saturated heterocycles. The first-order valence-corrected chi connectivity index (χ1v) is 5.16. The minimum atomic E-state index is 0. The Morgan fingerprint density at radius 3 is 2.53 bits per heavy atom. The van der Waals surface area contributed by atoms with Crippen LogP contribution in [0.3, 0.4) is 0 Å². The van der Waals surface area contributed by atoms with Crippen LogP contribution in [0, 0.1) is 6.92 Å². The van der Waals surface area contributed by atoms with Gasteiger partial charge >= 0.3 is 0 Å². The van der Waals surface area contributed by atoms with Crippen molar-refractivity contribution in [1.82, 2.24) is 5.10 Å². The zero-order chi connectivity index (χ0) is 11.4. The van der Waals surface area contributed by atoms with Gasteiger partial charge in [-0.25, -0.2) is 0 Å². The van der Waals surface area contributed by atoms with Gasteiger partial charge in [0.05, 0.1) is 6.20 Å². The van der Waals surface area contributed by atoms with Gasteiger partial charge in [-0.05, 0) is 18.1 Å². The Hall–Kier alpha value is -1.55. The Bertz CT molecular complexity index is 483. The molecule has 0 amide bonds. The molecule has 0 bridgehead atoms. The van der Waals surface area contributed by atoms with Gasteiger partial charge < -0.3 is 17.0 Å². The Kier molecular flexibility index (Phi) is 4.97. The molecule has 1 aromatic carbocycles. The first-order chi connectivity index (χ1) is 7.75. The predicted octanol–water partition coefficient (Wildman–Crippen LogP) is -1.44. The number of benzene rings is 1. The van der Waals surface area contributed by atoms with Gasteiger partial charge in [0.1, 0.15) is 0 Å². The highest BCUT2D eigenvalue weighted by Crippen LogP contribution is 2.03. The summed E-state index contributed by atoms with van der Waals surface area (Å²) < 4.78 is 1.63. The summed E-state index contributed by atoms with van der Waals surface area (Å²) in [5, 5.41) is 4.06. The Labute approximate surface area is 111 Å². The van der Waals surface area contributed by atoms with E-state index in [0.717, 1.165) is 11.1 Å². The normalized spacial score (nSPS) is 9.47. The third-order valence-electron chi connectivity index (χ3n) is 2.35. The van der Waals surface area contributed by atoms with E-state index < -0.39 is 0 Å². The van der Waals surface area contributed by atoms with Crippen molar-refractivity contribution in [2.24, 2.45) is 0 Å². The van der Waals surface area contributed by atoms with Crippen LogP contribution in [-0.4, -0.2) is 10.9 Å². The number of carbonyl (C=O) groups is 1. The van der Waals surface area contributed by atoms with Crippen LogP contribution in [-0.2, 0) is 6.54 Å². The summed E-state index contributed by atoms with van der Waals surface area (Å²) in [7, 11) is 0. The summed E-state index contributed by atoms with van der Waals surface area (Å²) in [5.74, 6) is 0.0729. The lowest BCUT2D eigenvalue weighted by Gasteiger charge is -1.97. The molecule has 2 rings (SSSR count). The minimum absolute atomic E-state index is 0. The van der Waals surface area contributed by atoms with Crippen LogP contribution in [0.1, 0.15) is 15.9 Å². The number of aromatic nitrogens is 2. The fourth-order valence-electron chi connectivity index (χ4n) is 1.43. The maximum Gasteiger partial charge on any atom is 0.236 e. The van der Waals surface area contributed by atoms with Crippen LogP contribution >= 0.6 is 0 Å². The second kappa shape index (κ2) is 6.25. The molecule has 0 unspecified atom stereocenters. The smallest absolute Gasteiger partial charge is 0.236 e. The molecule has 0 fully saturated rings. The fraction of sp³-hybridized carbons (Fsp3) is 0.154. The SMILES string of the molecule is Cc1ccc(C(=O)C[n+]2ccccn2)cc1.[Br-]. The average molecular weight is 293 g/mol. The van der Waals surface area contributed by atoms with Gasteiger partial charge in [0.25, 0.3) is 0 Å². The molecular formula is C13H13BrN2O. The molecule has 2 aromatic rings. The standard InChI is InChI=1S/C13H13N2O.BrH/c1-11-4-6-12(7-5-11)13(16)10-15-9-3-2-8-14-15;/h2-9H,10H2,1H3;1H/q+1;/p-1. The van der Waals surface area contributed by atoms with Crippen molar-refractivity contribution in [2.45, 2.75) is 13.5 Å². The largest absolute Gasteiger partial charge is 1.00 e. The first-order valence-electron chi connectivity index (χ1n) is 5.16. The fourth-order valence-corrected chi connectivity index (χ4v) is 1.43. The topological polar surface area (TPSA) is 33.8 Å². The number of hydrogen-bond acceptors (Lipinski definition) is 2. The van der Waals surface area contributed by atoms with Crippen LogP contribution in [0.4, 0.5) is 0 Å². The van der Waals surface area contributed by atoms with Gasteiger partial charge in [0, 0.05) is 11.6 Å². The number of hydrogen-bond donors (Lipinski definition) is 0. The molecule has 0 atom stereocenters. The van der Waals surface area contributed by atoms with Crippen molar-refractivity contribution < 1.29 is 26.5 Å². The molecule has 0 aliphatic carbocycles. The van der Waals surface area contributed by atoms with E-state index in [4.69, 9.17) is 0 Å². The zero-order valence-electron chi connectivity index (χ0n) is 9.51. The Morgan fingerprint density at radius 2 is 1.94 bits per heavy atom. The second-order valence-electron chi connectivity index (χ2n) is 3.69. The molecule has 0 aliphatic rings. The van der Waals surface area contributed by atoms with Crippen molar-refractivity contribution in [3.8, 4) is 0 Å². The van der Waals surface area contributed by atoms with E-state index in [1.807, 2.05) is 43.3 Å². The van der Waals surface area contributed by atoms with Gasteiger partial charge in [-0.2, -0.15) is 0 Å². The van der Waals surface area contributed by atoms with Crippen LogP contribution in [0.25, 0.3) is 0 Å². The molecule has 0 aliphatic heterocycles. The van der Waals surface area contributed by atoms with Gasteiger partial charge in [0.2, 0.25) is 12.3 Å². The quantitative estimate of drug-likeness (QED) is 0.513. The molecule has 0 saturated carbocycles. The number of nitrogens with zero attached hydrogens (tertiary/aromatic N) is 2. The molecule has 4 heteroatoms. The third kappa shape index (κ3) is 3.75. The molecule has 3 nitrogen and oxygen atoms in total. The molecule has 1 aromatic heterocycles. The van der Waals surface area contributed by atoms with Gasteiger partial charge in [-0.1, -0.05) is 34.5 Å². The van der Waals surface area contributed by atoms with Crippen molar-refractivity contribution >= 4 is 5.78 Å². The second-order valence-corrected chi connectivity index (χ2v) is 3.69. The number of ketones is 1. The number of aryl methyl sites for hydroxylation is 1. The van der Waals surface area contributed by atoms with E-state index in [1.165, 1.54) is 0 Å². The maximum atomic E-state index is 11.9. The highest BCUT2D eigenvalue weighted by atomic mass is 79.9. The number of carbonyl (C=O) groups excluding carboxylic acids is 1. The highest BCUT2D eigenvalue weighted by Gasteiger charge is 2.12. The summed E-state index contributed by atoms with van der Waals surface area (Å²) in [6.45, 7) is 2.28. The molecular weight excluding hydrogens is 280 g/mol. The third-order valence-corrected chi connectivity index (χ3v) is 2.35.